The van der Waals surface area contributed by atoms with Crippen molar-refractivity contribution >= 4 is 34.9 Å². The molecule has 0 aliphatic heterocycles. The third kappa shape index (κ3) is 6.77. The fourth-order valence-corrected chi connectivity index (χ4v) is 2.51. The molecule has 0 bridgehead atoms. The van der Waals surface area contributed by atoms with Gasteiger partial charge in [0, 0.05) is 17.7 Å². The molecule has 30 heavy (non-hydrogen) atoms. The van der Waals surface area contributed by atoms with E-state index in [1.54, 1.807) is 19.1 Å². The van der Waals surface area contributed by atoms with Crippen LogP contribution in [0.15, 0.2) is 42.5 Å². The number of rotatable bonds is 8. The molecule has 0 aliphatic rings. The third-order valence-electron chi connectivity index (χ3n) is 3.77. The second-order valence-electron chi connectivity index (χ2n) is 5.99. The molecule has 10 heteroatoms. The van der Waals surface area contributed by atoms with Crippen molar-refractivity contribution in [1.29, 1.82) is 0 Å². The van der Waals surface area contributed by atoms with Gasteiger partial charge in [-0.25, -0.2) is 4.79 Å². The summed E-state index contributed by atoms with van der Waals surface area (Å²) in [5, 5.41) is 1.68. The van der Waals surface area contributed by atoms with Gasteiger partial charge >= 0.3 is 12.1 Å². The van der Waals surface area contributed by atoms with Gasteiger partial charge in [-0.2, -0.15) is 13.2 Å². The van der Waals surface area contributed by atoms with E-state index in [0.29, 0.717) is 23.8 Å². The van der Waals surface area contributed by atoms with Crippen molar-refractivity contribution in [1.82, 2.24) is 0 Å². The van der Waals surface area contributed by atoms with Crippen molar-refractivity contribution in [2.75, 3.05) is 18.5 Å². The van der Waals surface area contributed by atoms with Crippen molar-refractivity contribution in [2.24, 2.45) is 0 Å². The van der Waals surface area contributed by atoms with E-state index in [1.165, 1.54) is 18.2 Å². The number of ether oxygens (including phenoxy) is 2. The van der Waals surface area contributed by atoms with Crippen LogP contribution >= 0.6 is 11.6 Å². The lowest BCUT2D eigenvalue weighted by Gasteiger charge is -2.12. The van der Waals surface area contributed by atoms with Crippen LogP contribution in [0.4, 0.5) is 18.9 Å². The maximum Gasteiger partial charge on any atom is 0.417 e. The number of carbonyl (C=O) groups excluding carboxylic acids is 3. The van der Waals surface area contributed by atoms with Crippen LogP contribution in [0.1, 0.15) is 29.3 Å². The van der Waals surface area contributed by atoms with Gasteiger partial charge in [0.15, 0.2) is 19.0 Å². The highest BCUT2D eigenvalue weighted by Gasteiger charge is 2.33. The van der Waals surface area contributed by atoms with Crippen molar-refractivity contribution in [3.8, 4) is 5.75 Å². The summed E-state index contributed by atoms with van der Waals surface area (Å²) in [4.78, 5) is 35.0. The Morgan fingerprint density at radius 2 is 1.70 bits per heavy atom. The number of esters is 1. The van der Waals surface area contributed by atoms with Gasteiger partial charge in [-0.3, -0.25) is 9.59 Å². The van der Waals surface area contributed by atoms with E-state index in [4.69, 9.17) is 21.1 Å². The van der Waals surface area contributed by atoms with E-state index in [1.807, 2.05) is 0 Å². The standard InChI is InChI=1S/C20H17ClF3NO5/c1-2-17(26)12-3-6-14(7-4-12)29-11-19(28)30-10-18(27)25-13-5-8-16(21)15(9-13)20(22,23)24/h3-9H,2,10-11H2,1H3,(H,25,27). The molecule has 0 spiro atoms. The molecular formula is C20H17ClF3NO5. The molecule has 2 aromatic rings. The molecule has 6 nitrogen and oxygen atoms in total. The molecule has 0 aliphatic carbocycles. The average Bonchev–Trinajstić information content (AvgIpc) is 2.71. The molecule has 1 N–H and O–H groups in total. The quantitative estimate of drug-likeness (QED) is 0.479. The Morgan fingerprint density at radius 3 is 2.30 bits per heavy atom. The Hall–Kier alpha value is -3.07. The molecular weight excluding hydrogens is 427 g/mol. The van der Waals surface area contributed by atoms with Crippen LogP contribution in [0.5, 0.6) is 5.75 Å². The minimum atomic E-state index is -4.68. The van der Waals surface area contributed by atoms with Gasteiger partial charge in [-0.05, 0) is 42.5 Å². The second-order valence-corrected chi connectivity index (χ2v) is 6.40. The number of anilines is 1. The number of Topliss-reactive ketones (excluding diaryl/α,β-unsaturated/α-hetero) is 1. The first-order valence-corrected chi connectivity index (χ1v) is 9.06. The van der Waals surface area contributed by atoms with E-state index >= 15 is 0 Å². The number of nitrogens with one attached hydrogen (secondary N) is 1. The highest BCUT2D eigenvalue weighted by molar-refractivity contribution is 6.31. The second kappa shape index (κ2) is 10.1. The molecule has 0 unspecified atom stereocenters. The number of alkyl halides is 3. The molecule has 0 radical (unpaired) electrons. The molecule has 2 rings (SSSR count). The number of carbonyl (C=O) groups is 3. The third-order valence-corrected chi connectivity index (χ3v) is 4.10. The lowest BCUT2D eigenvalue weighted by molar-refractivity contribution is -0.149. The minimum absolute atomic E-state index is 0.0324. The molecule has 0 saturated carbocycles. The Labute approximate surface area is 174 Å². The van der Waals surface area contributed by atoms with Gasteiger partial charge in [0.05, 0.1) is 10.6 Å². The van der Waals surface area contributed by atoms with E-state index in [-0.39, 0.29) is 11.5 Å². The van der Waals surface area contributed by atoms with Crippen LogP contribution < -0.4 is 10.1 Å². The Bertz CT molecular complexity index is 929. The first kappa shape index (κ1) is 23.2. The summed E-state index contributed by atoms with van der Waals surface area (Å²) >= 11 is 5.50. The van der Waals surface area contributed by atoms with Crippen LogP contribution in [0.2, 0.25) is 5.02 Å². The topological polar surface area (TPSA) is 81.7 Å². The molecule has 0 heterocycles. The number of halogens is 4. The predicted octanol–water partition coefficient (Wildman–Crippen LogP) is 4.51. The zero-order valence-electron chi connectivity index (χ0n) is 15.7. The molecule has 1 amide bonds. The van der Waals surface area contributed by atoms with Crippen molar-refractivity contribution < 1.29 is 37.0 Å². The molecule has 160 valence electrons. The van der Waals surface area contributed by atoms with Crippen LogP contribution in [0.3, 0.4) is 0 Å². The van der Waals surface area contributed by atoms with Gasteiger partial charge in [-0.15, -0.1) is 0 Å². The van der Waals surface area contributed by atoms with Crippen molar-refractivity contribution in [2.45, 2.75) is 19.5 Å². The summed E-state index contributed by atoms with van der Waals surface area (Å²) in [7, 11) is 0. The zero-order valence-corrected chi connectivity index (χ0v) is 16.5. The maximum absolute atomic E-state index is 12.8. The Morgan fingerprint density at radius 1 is 1.03 bits per heavy atom. The molecule has 0 atom stereocenters. The van der Waals surface area contributed by atoms with Gasteiger partial charge < -0.3 is 14.8 Å². The van der Waals surface area contributed by atoms with Crippen molar-refractivity contribution in [3.63, 3.8) is 0 Å². The summed E-state index contributed by atoms with van der Waals surface area (Å²) in [5.74, 6) is -1.40. The van der Waals surface area contributed by atoms with E-state index < -0.39 is 41.9 Å². The molecule has 0 aromatic heterocycles. The van der Waals surface area contributed by atoms with Crippen LogP contribution in [0.25, 0.3) is 0 Å². The summed E-state index contributed by atoms with van der Waals surface area (Å²) < 4.78 is 48.4. The van der Waals surface area contributed by atoms with Crippen LogP contribution in [0, 0.1) is 0 Å². The van der Waals surface area contributed by atoms with Crippen LogP contribution in [-0.4, -0.2) is 30.9 Å². The summed E-state index contributed by atoms with van der Waals surface area (Å²) in [6, 6.07) is 9.01. The van der Waals surface area contributed by atoms with Crippen molar-refractivity contribution in [3.05, 3.63) is 58.6 Å². The highest BCUT2D eigenvalue weighted by atomic mass is 35.5. The first-order chi connectivity index (χ1) is 14.1. The Kier molecular flexibility index (Phi) is 7.82. The lowest BCUT2D eigenvalue weighted by Crippen LogP contribution is -2.23. The number of amides is 1. The van der Waals surface area contributed by atoms with Gasteiger partial charge in [0.1, 0.15) is 5.75 Å². The summed E-state index contributed by atoms with van der Waals surface area (Å²) in [6.07, 6.45) is -4.31. The number of benzene rings is 2. The van der Waals surface area contributed by atoms with E-state index in [2.05, 4.69) is 5.32 Å². The number of ketones is 1. The smallest absolute Gasteiger partial charge is 0.417 e. The summed E-state index contributed by atoms with van der Waals surface area (Å²) in [6.45, 7) is 0.532. The summed E-state index contributed by atoms with van der Waals surface area (Å²) in [5.41, 5.74) is -0.732. The SMILES string of the molecule is CCC(=O)c1ccc(OCC(=O)OCC(=O)Nc2ccc(Cl)c(C(F)(F)F)c2)cc1. The Balaban J connectivity index is 1.81. The predicted molar refractivity (Wildman–Crippen MR) is 103 cm³/mol. The van der Waals surface area contributed by atoms with E-state index in [9.17, 15) is 27.6 Å². The normalized spacial score (nSPS) is 11.0. The monoisotopic (exact) mass is 443 g/mol. The largest absolute Gasteiger partial charge is 0.482 e. The number of hydrogen-bond donors (Lipinski definition) is 1. The van der Waals surface area contributed by atoms with Gasteiger partial charge in [-0.1, -0.05) is 18.5 Å². The fraction of sp³-hybridized carbons (Fsp3) is 0.250. The van der Waals surface area contributed by atoms with E-state index in [0.717, 1.165) is 6.07 Å². The average molecular weight is 444 g/mol. The molecule has 2 aromatic carbocycles. The minimum Gasteiger partial charge on any atom is -0.482 e. The lowest BCUT2D eigenvalue weighted by atomic mass is 10.1. The van der Waals surface area contributed by atoms with Gasteiger partial charge in [0.2, 0.25) is 0 Å². The van der Waals surface area contributed by atoms with Gasteiger partial charge in [0.25, 0.3) is 5.91 Å². The highest BCUT2D eigenvalue weighted by Crippen LogP contribution is 2.36. The maximum atomic E-state index is 12.8. The molecule has 0 saturated heterocycles. The molecule has 0 fully saturated rings. The first-order valence-electron chi connectivity index (χ1n) is 8.68. The zero-order chi connectivity index (χ0) is 22.3. The fourth-order valence-electron chi connectivity index (χ4n) is 2.29. The number of hydrogen-bond acceptors (Lipinski definition) is 5. The van der Waals surface area contributed by atoms with Crippen LogP contribution in [-0.2, 0) is 20.5 Å².